The molecule has 1 aromatic carbocycles. The highest BCUT2D eigenvalue weighted by Crippen LogP contribution is 2.01. The van der Waals surface area contributed by atoms with E-state index in [1.807, 2.05) is 37.4 Å². The predicted octanol–water partition coefficient (Wildman–Crippen LogP) is 0.0234. The Morgan fingerprint density at radius 2 is 0.850 bits per heavy atom. The molecule has 0 heterocycles. The highest BCUT2D eigenvalue weighted by atomic mass is 32.3. The molecule has 0 bridgehead atoms. The van der Waals surface area contributed by atoms with Crippen LogP contribution in [0.3, 0.4) is 0 Å². The molecule has 0 amide bonds. The van der Waals surface area contributed by atoms with Gasteiger partial charge in [0.25, 0.3) is 29.8 Å². The molecule has 0 aliphatic carbocycles. The van der Waals surface area contributed by atoms with Crippen LogP contribution in [0.25, 0.3) is 0 Å². The van der Waals surface area contributed by atoms with Crippen LogP contribution in [0.2, 0.25) is 0 Å². The zero-order valence-electron chi connectivity index (χ0n) is 23.3. The van der Waals surface area contributed by atoms with Crippen molar-refractivity contribution in [1.82, 2.24) is 5.32 Å². The maximum absolute atomic E-state index is 9.00. The molecule has 0 unspecified atom stereocenters. The molecule has 0 radical (unpaired) electrons. The molecule has 0 aliphatic heterocycles. The number of anilines is 1. The molecule has 0 spiro atoms. The first kappa shape index (κ1) is 52.5. The first-order chi connectivity index (χ1) is 18.0. The number of para-hydroxylation sites is 1. The van der Waals surface area contributed by atoms with Crippen molar-refractivity contribution in [3.05, 3.63) is 30.3 Å². The number of carboxylic acids is 5. The average Bonchev–Trinajstić information content (AvgIpc) is 2.72. The Morgan fingerprint density at radius 3 is 0.975 bits per heavy atom. The van der Waals surface area contributed by atoms with Gasteiger partial charge in [-0.3, -0.25) is 33.1 Å². The molecular weight excluding hydrogens is 564 g/mol. The topological polar surface area (TPSA) is 337 Å². The Kier molecular flexibility index (Phi) is 55.5. The minimum Gasteiger partial charge on any atom is -0.481 e. The number of nitrogens with two attached hydrogens (primary N) is 2. The summed E-state index contributed by atoms with van der Waals surface area (Å²) in [5, 5.41) is 43.1. The van der Waals surface area contributed by atoms with E-state index in [0.29, 0.717) is 13.1 Å². The van der Waals surface area contributed by atoms with Gasteiger partial charge in [-0.2, -0.15) is 8.42 Å². The summed E-state index contributed by atoms with van der Waals surface area (Å²) in [6.07, 6.45) is 0. The minimum absolute atomic E-state index is 0.694. The number of carbonyl (C=O) groups is 5. The van der Waals surface area contributed by atoms with Crippen molar-refractivity contribution in [2.75, 3.05) is 38.5 Å². The van der Waals surface area contributed by atoms with Crippen molar-refractivity contribution in [2.45, 2.75) is 34.6 Å². The monoisotopic (exact) mass is 608 g/mol. The SMILES string of the molecule is CC(=O)O.CC(=O)O.CC(=O)O.CC(=O)O.CC(=O)O.CNc1ccccc1.NCCNCCN.O=S(=O)(O)O. The van der Waals surface area contributed by atoms with Crippen molar-refractivity contribution in [3.8, 4) is 0 Å². The first-order valence-corrected chi connectivity index (χ1v) is 11.9. The molecule has 19 heteroatoms. The molecule has 0 aliphatic rings. The Hall–Kier alpha value is -3.88. The van der Waals surface area contributed by atoms with Gasteiger partial charge in [0.2, 0.25) is 0 Å². The first-order valence-electron chi connectivity index (χ1n) is 10.5. The van der Waals surface area contributed by atoms with E-state index >= 15 is 0 Å². The third-order valence-electron chi connectivity index (χ3n) is 1.70. The fraction of sp³-hybridized carbons (Fsp3) is 0.476. The smallest absolute Gasteiger partial charge is 0.394 e. The molecule has 0 atom stereocenters. The van der Waals surface area contributed by atoms with Gasteiger partial charge in [-0.1, -0.05) is 18.2 Å². The van der Waals surface area contributed by atoms with Crippen LogP contribution >= 0.6 is 0 Å². The van der Waals surface area contributed by atoms with Gasteiger partial charge in [0.15, 0.2) is 0 Å². The van der Waals surface area contributed by atoms with Crippen LogP contribution in [0.1, 0.15) is 34.6 Å². The van der Waals surface area contributed by atoms with Crippen LogP contribution in [-0.4, -0.2) is 106 Å². The summed E-state index contributed by atoms with van der Waals surface area (Å²) in [6.45, 7) is 8.55. The molecule has 238 valence electrons. The van der Waals surface area contributed by atoms with Gasteiger partial charge in [0.1, 0.15) is 0 Å². The molecule has 0 saturated heterocycles. The molecule has 1 rings (SSSR count). The van der Waals surface area contributed by atoms with Crippen molar-refractivity contribution in [3.63, 3.8) is 0 Å². The van der Waals surface area contributed by atoms with E-state index in [0.717, 1.165) is 53.4 Å². The third kappa shape index (κ3) is 365. The van der Waals surface area contributed by atoms with E-state index in [2.05, 4.69) is 10.6 Å². The molecule has 18 nitrogen and oxygen atoms in total. The largest absolute Gasteiger partial charge is 0.481 e. The number of hydrogen-bond acceptors (Lipinski definition) is 11. The molecule has 13 N–H and O–H groups in total. The number of aliphatic carboxylic acids is 5. The predicted molar refractivity (Wildman–Crippen MR) is 148 cm³/mol. The van der Waals surface area contributed by atoms with Crippen LogP contribution in [0.5, 0.6) is 0 Å². The number of rotatable bonds is 5. The van der Waals surface area contributed by atoms with E-state index in [1.165, 1.54) is 0 Å². The third-order valence-corrected chi connectivity index (χ3v) is 1.70. The summed E-state index contributed by atoms with van der Waals surface area (Å²) in [4.78, 5) is 45.0. The van der Waals surface area contributed by atoms with Gasteiger partial charge >= 0.3 is 10.4 Å². The van der Waals surface area contributed by atoms with Gasteiger partial charge in [-0.05, 0) is 12.1 Å². The normalized spacial score (nSPS) is 7.95. The van der Waals surface area contributed by atoms with Gasteiger partial charge < -0.3 is 47.6 Å². The van der Waals surface area contributed by atoms with E-state index in [-0.39, 0.29) is 0 Å². The number of hydrogen-bond donors (Lipinski definition) is 11. The van der Waals surface area contributed by atoms with Crippen molar-refractivity contribution in [1.29, 1.82) is 0 Å². The van der Waals surface area contributed by atoms with E-state index in [1.54, 1.807) is 0 Å². The van der Waals surface area contributed by atoms with Gasteiger partial charge in [-0.15, -0.1) is 0 Å². The summed E-state index contributed by atoms with van der Waals surface area (Å²) < 4.78 is 31.6. The summed E-state index contributed by atoms with van der Waals surface area (Å²) in [5.41, 5.74) is 11.5. The standard InChI is InChI=1S/C7H9N.C4H13N3.5C2H4O2.H2O4S/c1-8-7-5-3-2-4-6-7;5-1-3-7-4-2-6;5*1-2(3)4;1-5(2,3)4/h2-6,8H,1H3;7H,1-6H2;5*1H3,(H,3,4);(H2,1,2,3,4). The molecule has 0 aromatic heterocycles. The Bertz CT molecular complexity index is 737. The second kappa shape index (κ2) is 42.2. The van der Waals surface area contributed by atoms with Crippen LogP contribution in [0.15, 0.2) is 30.3 Å². The Morgan fingerprint density at radius 1 is 0.650 bits per heavy atom. The molecular formula is C21H44N4O14S. The number of nitrogens with one attached hydrogen (secondary N) is 2. The van der Waals surface area contributed by atoms with Gasteiger partial charge in [-0.25, -0.2) is 0 Å². The number of carboxylic acid groups (broad SMARTS) is 5. The van der Waals surface area contributed by atoms with Crippen LogP contribution in [-0.2, 0) is 34.4 Å². The summed E-state index contributed by atoms with van der Waals surface area (Å²) in [6, 6.07) is 10.1. The lowest BCUT2D eigenvalue weighted by atomic mass is 10.3. The molecule has 1 aromatic rings. The van der Waals surface area contributed by atoms with Crippen LogP contribution in [0, 0.1) is 0 Å². The lowest BCUT2D eigenvalue weighted by molar-refractivity contribution is -0.135. The Labute approximate surface area is 233 Å². The minimum atomic E-state index is -4.67. The highest BCUT2D eigenvalue weighted by molar-refractivity contribution is 7.79. The Balaban J connectivity index is -0.0000000635. The van der Waals surface area contributed by atoms with Crippen LogP contribution in [0.4, 0.5) is 5.69 Å². The second-order valence-electron chi connectivity index (χ2n) is 5.99. The second-order valence-corrected chi connectivity index (χ2v) is 6.88. The lowest BCUT2D eigenvalue weighted by Gasteiger charge is -1.95. The van der Waals surface area contributed by atoms with Gasteiger partial charge in [0, 0.05) is 73.5 Å². The fourth-order valence-electron chi connectivity index (χ4n) is 0.934. The summed E-state index contributed by atoms with van der Waals surface area (Å²) in [5.74, 6) is -4.17. The number of benzene rings is 1. The maximum Gasteiger partial charge on any atom is 0.394 e. The van der Waals surface area contributed by atoms with Crippen molar-refractivity contribution >= 4 is 45.9 Å². The van der Waals surface area contributed by atoms with Crippen molar-refractivity contribution < 1.29 is 67.0 Å². The summed E-state index contributed by atoms with van der Waals surface area (Å²) >= 11 is 0. The maximum atomic E-state index is 9.00. The molecule has 40 heavy (non-hydrogen) atoms. The molecule has 0 saturated carbocycles. The zero-order valence-corrected chi connectivity index (χ0v) is 24.1. The zero-order chi connectivity index (χ0) is 33.7. The quantitative estimate of drug-likeness (QED) is 0.155. The fourth-order valence-corrected chi connectivity index (χ4v) is 0.934. The van der Waals surface area contributed by atoms with Crippen molar-refractivity contribution in [2.24, 2.45) is 11.5 Å². The van der Waals surface area contributed by atoms with Gasteiger partial charge in [0.05, 0.1) is 0 Å². The average molecular weight is 609 g/mol. The van der Waals surface area contributed by atoms with E-state index in [4.69, 9.17) is 78.5 Å². The molecule has 0 fully saturated rings. The lowest BCUT2D eigenvalue weighted by Crippen LogP contribution is -2.27. The van der Waals surface area contributed by atoms with E-state index in [9.17, 15) is 0 Å². The van der Waals surface area contributed by atoms with E-state index < -0.39 is 40.2 Å². The highest BCUT2D eigenvalue weighted by Gasteiger charge is 1.84. The van der Waals surface area contributed by atoms with Crippen LogP contribution < -0.4 is 22.1 Å². The summed E-state index contributed by atoms with van der Waals surface area (Å²) in [7, 11) is -2.75.